The molecule has 1 N–H and O–H groups in total. The van der Waals surface area contributed by atoms with Crippen LogP contribution in [0.1, 0.15) is 29.3 Å². The Morgan fingerprint density at radius 2 is 1.97 bits per heavy atom. The van der Waals surface area contributed by atoms with Crippen LogP contribution in [0, 0.1) is 0 Å². The van der Waals surface area contributed by atoms with Crippen molar-refractivity contribution >= 4 is 17.9 Å². The summed E-state index contributed by atoms with van der Waals surface area (Å²) in [5.41, 5.74) is 3.05. The quantitative estimate of drug-likeness (QED) is 0.797. The third-order valence-electron chi connectivity index (χ3n) is 4.43. The summed E-state index contributed by atoms with van der Waals surface area (Å²) in [6.07, 6.45) is 18.3. The highest BCUT2D eigenvalue weighted by atomic mass is 16.2. The molecule has 0 saturated carbocycles. The van der Waals surface area contributed by atoms with Gasteiger partial charge in [0.15, 0.2) is 0 Å². The van der Waals surface area contributed by atoms with Gasteiger partial charge in [-0.15, -0.1) is 0 Å². The maximum Gasteiger partial charge on any atom is 0.255 e. The van der Waals surface area contributed by atoms with Gasteiger partial charge in [-0.2, -0.15) is 0 Å². The zero-order valence-electron chi connectivity index (χ0n) is 16.9. The summed E-state index contributed by atoms with van der Waals surface area (Å²) in [6, 6.07) is 7.06. The molecule has 30 heavy (non-hydrogen) atoms. The molecule has 0 unspecified atom stereocenters. The first-order valence-corrected chi connectivity index (χ1v) is 9.74. The zero-order valence-corrected chi connectivity index (χ0v) is 16.9. The predicted octanol–water partition coefficient (Wildman–Crippen LogP) is 3.54. The summed E-state index contributed by atoms with van der Waals surface area (Å²) >= 11 is 0. The van der Waals surface area contributed by atoms with Gasteiger partial charge in [-0.3, -0.25) is 19.6 Å². The Balaban J connectivity index is 1.70. The molecule has 0 saturated heterocycles. The number of carbonyl (C=O) groups is 2. The Hall–Kier alpha value is -3.80. The molecule has 0 aliphatic carbocycles. The van der Waals surface area contributed by atoms with Gasteiger partial charge in [0.25, 0.3) is 5.91 Å². The molecule has 0 aromatic carbocycles. The number of nitrogens with zero attached hydrogens (tertiary/aromatic N) is 3. The van der Waals surface area contributed by atoms with Gasteiger partial charge in [0.2, 0.25) is 5.91 Å². The third-order valence-corrected chi connectivity index (χ3v) is 4.43. The maximum atomic E-state index is 12.7. The van der Waals surface area contributed by atoms with Crippen molar-refractivity contribution in [1.82, 2.24) is 20.2 Å². The molecule has 6 heteroatoms. The van der Waals surface area contributed by atoms with Crippen LogP contribution in [0.4, 0.5) is 0 Å². The van der Waals surface area contributed by atoms with Crippen LogP contribution < -0.4 is 5.32 Å². The van der Waals surface area contributed by atoms with Crippen molar-refractivity contribution in [2.45, 2.75) is 13.3 Å². The zero-order chi connectivity index (χ0) is 21.2. The molecule has 2 amide bonds. The summed E-state index contributed by atoms with van der Waals surface area (Å²) in [5.74, 6) is -0.266. The summed E-state index contributed by atoms with van der Waals surface area (Å²) < 4.78 is 0. The summed E-state index contributed by atoms with van der Waals surface area (Å²) in [5, 5.41) is 2.91. The van der Waals surface area contributed by atoms with E-state index in [1.165, 1.54) is 0 Å². The fourth-order valence-corrected chi connectivity index (χ4v) is 2.96. The van der Waals surface area contributed by atoms with Crippen molar-refractivity contribution < 1.29 is 9.59 Å². The highest BCUT2D eigenvalue weighted by Gasteiger charge is 2.12. The molecule has 0 atom stereocenters. The summed E-state index contributed by atoms with van der Waals surface area (Å²) in [4.78, 5) is 34.9. The van der Waals surface area contributed by atoms with E-state index >= 15 is 0 Å². The van der Waals surface area contributed by atoms with E-state index in [0.717, 1.165) is 17.6 Å². The largest absolute Gasteiger partial charge is 0.335 e. The van der Waals surface area contributed by atoms with Crippen LogP contribution in [0.15, 0.2) is 90.7 Å². The number of aromatic nitrogens is 2. The number of nitrogens with one attached hydrogen (secondary N) is 1. The van der Waals surface area contributed by atoms with Crippen LogP contribution in [0.3, 0.4) is 0 Å². The number of allylic oxidation sites excluding steroid dienone is 3. The minimum atomic E-state index is -0.203. The Morgan fingerprint density at radius 3 is 2.73 bits per heavy atom. The van der Waals surface area contributed by atoms with Crippen molar-refractivity contribution in [1.29, 1.82) is 0 Å². The first-order chi connectivity index (χ1) is 14.6. The van der Waals surface area contributed by atoms with Crippen LogP contribution in [-0.2, 0) is 4.79 Å². The van der Waals surface area contributed by atoms with Gasteiger partial charge in [-0.25, -0.2) is 0 Å². The van der Waals surface area contributed by atoms with Crippen LogP contribution in [0.25, 0.3) is 6.08 Å². The van der Waals surface area contributed by atoms with E-state index in [9.17, 15) is 9.59 Å². The average molecular weight is 400 g/mol. The van der Waals surface area contributed by atoms with E-state index in [1.54, 1.807) is 54.0 Å². The van der Waals surface area contributed by atoms with E-state index in [0.29, 0.717) is 24.4 Å². The maximum absolute atomic E-state index is 12.7. The fourth-order valence-electron chi connectivity index (χ4n) is 2.96. The molecular formula is C24H24N4O2. The lowest BCUT2D eigenvalue weighted by Gasteiger charge is -2.22. The van der Waals surface area contributed by atoms with Gasteiger partial charge in [0.05, 0.1) is 0 Å². The Labute approximate surface area is 176 Å². The lowest BCUT2D eigenvalue weighted by Crippen LogP contribution is -2.32. The van der Waals surface area contributed by atoms with Crippen LogP contribution in [0.2, 0.25) is 0 Å². The number of hydrogen-bond acceptors (Lipinski definition) is 4. The molecule has 3 heterocycles. The Bertz CT molecular complexity index is 992. The molecule has 0 radical (unpaired) electrons. The lowest BCUT2D eigenvalue weighted by atomic mass is 10.1. The number of hydrogen-bond donors (Lipinski definition) is 1. The SMILES string of the molecule is C\C1=C/C(NC(=O)c2ccncc2)=C\C=C\CCN(C(=O)/C=C/c2cccnc2)C1. The second-order valence-electron chi connectivity index (χ2n) is 6.90. The topological polar surface area (TPSA) is 75.2 Å². The molecule has 6 nitrogen and oxygen atoms in total. The molecule has 152 valence electrons. The van der Waals surface area contributed by atoms with Crippen molar-refractivity contribution in [3.05, 3.63) is 102 Å². The van der Waals surface area contributed by atoms with Crippen LogP contribution in [0.5, 0.6) is 0 Å². The second kappa shape index (κ2) is 10.7. The van der Waals surface area contributed by atoms with Gasteiger partial charge < -0.3 is 10.2 Å². The van der Waals surface area contributed by atoms with E-state index in [2.05, 4.69) is 15.3 Å². The van der Waals surface area contributed by atoms with Gasteiger partial charge in [0.1, 0.15) is 0 Å². The van der Waals surface area contributed by atoms with Crippen molar-refractivity contribution in [3.8, 4) is 0 Å². The molecule has 1 aliphatic heterocycles. The fraction of sp³-hybridized carbons (Fsp3) is 0.167. The van der Waals surface area contributed by atoms with Crippen LogP contribution >= 0.6 is 0 Å². The number of rotatable bonds is 4. The first kappa shape index (κ1) is 20.9. The Kier molecular flexibility index (Phi) is 7.44. The summed E-state index contributed by atoms with van der Waals surface area (Å²) in [6.45, 7) is 3.04. The minimum absolute atomic E-state index is 0.0630. The van der Waals surface area contributed by atoms with E-state index < -0.39 is 0 Å². The molecule has 1 aliphatic rings. The average Bonchev–Trinajstić information content (AvgIpc) is 2.77. The van der Waals surface area contributed by atoms with Crippen molar-refractivity contribution in [3.63, 3.8) is 0 Å². The molecular weight excluding hydrogens is 376 g/mol. The first-order valence-electron chi connectivity index (χ1n) is 9.74. The number of pyridine rings is 2. The molecule has 2 aromatic rings. The number of amides is 2. The standard InChI is InChI=1S/C24H24N4O2/c1-19-16-22(27-24(30)21-10-13-25-14-11-21)7-3-2-4-15-28(18-19)23(29)9-8-20-6-5-12-26-17-20/h2-3,5-14,16-17H,4,15,18H2,1H3,(H,27,30)/b3-2+,9-8+,19-16+,22-7+. The van der Waals surface area contributed by atoms with Gasteiger partial charge in [0, 0.05) is 55.2 Å². The lowest BCUT2D eigenvalue weighted by molar-refractivity contribution is -0.125. The highest BCUT2D eigenvalue weighted by Crippen LogP contribution is 2.10. The monoisotopic (exact) mass is 400 g/mol. The predicted molar refractivity (Wildman–Crippen MR) is 117 cm³/mol. The smallest absolute Gasteiger partial charge is 0.255 e. The van der Waals surface area contributed by atoms with E-state index in [-0.39, 0.29) is 11.8 Å². The van der Waals surface area contributed by atoms with Crippen molar-refractivity contribution in [2.75, 3.05) is 13.1 Å². The third kappa shape index (κ3) is 6.38. The van der Waals surface area contributed by atoms with Crippen molar-refractivity contribution in [2.24, 2.45) is 0 Å². The second-order valence-corrected chi connectivity index (χ2v) is 6.90. The molecule has 3 rings (SSSR count). The van der Waals surface area contributed by atoms with Gasteiger partial charge in [-0.1, -0.05) is 23.8 Å². The molecule has 2 aromatic heterocycles. The molecule has 0 fully saturated rings. The number of carbonyl (C=O) groups excluding carboxylic acids is 2. The summed E-state index contributed by atoms with van der Waals surface area (Å²) in [7, 11) is 0. The van der Waals surface area contributed by atoms with Gasteiger partial charge >= 0.3 is 0 Å². The highest BCUT2D eigenvalue weighted by molar-refractivity contribution is 5.95. The van der Waals surface area contributed by atoms with E-state index in [1.807, 2.05) is 43.4 Å². The molecule has 0 spiro atoms. The van der Waals surface area contributed by atoms with Gasteiger partial charge in [-0.05, 0) is 55.3 Å². The van der Waals surface area contributed by atoms with Crippen LogP contribution in [-0.4, -0.2) is 39.8 Å². The van der Waals surface area contributed by atoms with E-state index in [4.69, 9.17) is 0 Å². The minimum Gasteiger partial charge on any atom is -0.335 e. The molecule has 0 bridgehead atoms. The Morgan fingerprint density at radius 1 is 1.13 bits per heavy atom. The normalized spacial score (nSPS) is 19.3.